The average Bonchev–Trinajstić information content (AvgIpc) is 1.09. The maximum atomic E-state index is 14.6. The smallest absolute Gasteiger partial charge is 0.118 e. The number of likely N-dealkylation sites (tertiary alicyclic amines) is 2. The number of hydrogen-bond acceptors (Lipinski definition) is 6. The van der Waals surface area contributed by atoms with Gasteiger partial charge in [0.15, 0.2) is 0 Å². The van der Waals surface area contributed by atoms with E-state index >= 15 is 0 Å². The Balaban J connectivity index is 1.14. The van der Waals surface area contributed by atoms with Crippen molar-refractivity contribution in [2.45, 2.75) is 120 Å². The van der Waals surface area contributed by atoms with E-state index in [0.717, 1.165) is 83.5 Å². The van der Waals surface area contributed by atoms with Gasteiger partial charge >= 0.3 is 0 Å². The van der Waals surface area contributed by atoms with Gasteiger partial charge in [-0.15, -0.1) is 0 Å². The minimum absolute atomic E-state index is 0.0229. The fraction of sp³-hybridized carbons (Fsp3) is 0.377. The number of benzene rings is 8. The van der Waals surface area contributed by atoms with Gasteiger partial charge in [0.2, 0.25) is 0 Å². The molecule has 0 radical (unpaired) electrons. The van der Waals surface area contributed by atoms with Crippen molar-refractivity contribution in [1.82, 2.24) is 9.80 Å². The minimum atomic E-state index is -1.43. The van der Waals surface area contributed by atoms with Gasteiger partial charge in [0.05, 0.1) is 12.2 Å². The Morgan fingerprint density at radius 2 is 0.614 bits per heavy atom. The predicted molar refractivity (Wildman–Crippen MR) is 340 cm³/mol. The molecule has 2 aliphatic rings. The van der Waals surface area contributed by atoms with Crippen LogP contribution < -0.4 is 0 Å². The fourth-order valence-corrected chi connectivity index (χ4v) is 14.8. The normalized spacial score (nSPS) is 19.5. The third kappa shape index (κ3) is 12.7. The van der Waals surface area contributed by atoms with Crippen LogP contribution in [0.5, 0.6) is 0 Å². The lowest BCUT2D eigenvalue weighted by Crippen LogP contribution is -2.64. The van der Waals surface area contributed by atoms with Gasteiger partial charge in [-0.1, -0.05) is 272 Å². The highest BCUT2D eigenvalue weighted by atomic mass is 16.3. The molecule has 0 spiro atoms. The Kier molecular flexibility index (Phi) is 18.5. The summed E-state index contributed by atoms with van der Waals surface area (Å²) in [4.78, 5) is 5.25. The Hall–Kier alpha value is -6.48. The molecule has 0 aliphatic carbocycles. The van der Waals surface area contributed by atoms with Gasteiger partial charge in [-0.05, 0) is 143 Å². The summed E-state index contributed by atoms with van der Waals surface area (Å²) < 4.78 is 0. The van der Waals surface area contributed by atoms with Crippen molar-refractivity contribution in [2.75, 3.05) is 39.3 Å². The monoisotopic (exact) mass is 1110 g/mol. The van der Waals surface area contributed by atoms with Crippen molar-refractivity contribution in [3.63, 3.8) is 0 Å². The van der Waals surface area contributed by atoms with Crippen LogP contribution in [0.3, 0.4) is 0 Å². The van der Waals surface area contributed by atoms with E-state index in [4.69, 9.17) is 0 Å². The van der Waals surface area contributed by atoms with Gasteiger partial charge in [-0.25, -0.2) is 0 Å². The highest BCUT2D eigenvalue weighted by Gasteiger charge is 2.62. The van der Waals surface area contributed by atoms with Crippen molar-refractivity contribution < 1.29 is 20.4 Å². The van der Waals surface area contributed by atoms with E-state index in [-0.39, 0.29) is 34.5 Å². The summed E-state index contributed by atoms with van der Waals surface area (Å²) in [5.74, 6) is -1.15. The molecule has 2 aliphatic heterocycles. The molecule has 0 saturated carbocycles. The lowest BCUT2D eigenvalue weighted by molar-refractivity contribution is -0.110. The van der Waals surface area contributed by atoms with E-state index in [1.165, 1.54) is 11.1 Å². The van der Waals surface area contributed by atoms with Crippen LogP contribution in [0.4, 0.5) is 0 Å². The molecule has 0 aromatic heterocycles. The Labute approximate surface area is 496 Å². The summed E-state index contributed by atoms with van der Waals surface area (Å²) in [6.45, 7) is 17.7. The van der Waals surface area contributed by atoms with Gasteiger partial charge in [-0.3, -0.25) is 0 Å². The molecule has 83 heavy (non-hydrogen) atoms. The molecule has 8 aromatic carbocycles. The highest BCUT2D eigenvalue weighted by molar-refractivity contribution is 5.48. The van der Waals surface area contributed by atoms with Crippen LogP contribution >= 0.6 is 0 Å². The zero-order chi connectivity index (χ0) is 58.2. The summed E-state index contributed by atoms with van der Waals surface area (Å²) in [5, 5.41) is 52.7. The zero-order valence-corrected chi connectivity index (χ0v) is 50.1. The number of aliphatic hydroxyl groups is 4. The van der Waals surface area contributed by atoms with Gasteiger partial charge in [0, 0.05) is 30.3 Å². The van der Waals surface area contributed by atoms with Gasteiger partial charge in [0.1, 0.15) is 11.2 Å². The van der Waals surface area contributed by atoms with Crippen molar-refractivity contribution in [2.24, 2.45) is 23.7 Å². The van der Waals surface area contributed by atoms with Crippen LogP contribution in [0.2, 0.25) is 0 Å². The van der Waals surface area contributed by atoms with Crippen molar-refractivity contribution in [3.05, 3.63) is 286 Å². The van der Waals surface area contributed by atoms with Crippen LogP contribution in [0.25, 0.3) is 0 Å². The second kappa shape index (κ2) is 25.8. The maximum absolute atomic E-state index is 14.6. The van der Waals surface area contributed by atoms with Crippen LogP contribution in [0.15, 0.2) is 231 Å². The first-order valence-corrected chi connectivity index (χ1v) is 30.8. The van der Waals surface area contributed by atoms with Crippen molar-refractivity contribution in [1.29, 1.82) is 0 Å². The highest BCUT2D eigenvalue weighted by Crippen LogP contribution is 2.61. The van der Waals surface area contributed by atoms with Gasteiger partial charge in [0.25, 0.3) is 0 Å². The topological polar surface area (TPSA) is 87.4 Å². The molecule has 2 fully saturated rings. The molecule has 2 heterocycles. The average molecular weight is 1110 g/mol. The number of rotatable bonds is 20. The first-order valence-electron chi connectivity index (χ1n) is 30.8. The molecule has 6 heteroatoms. The number of aliphatic hydroxyl groups excluding tert-OH is 2. The van der Waals surface area contributed by atoms with E-state index in [1.807, 2.05) is 24.3 Å². The maximum Gasteiger partial charge on any atom is 0.118 e. The predicted octanol–water partition coefficient (Wildman–Crippen LogP) is 15.3. The van der Waals surface area contributed by atoms with E-state index in [9.17, 15) is 20.4 Å². The SMILES string of the molecule is CC(C)(C)c1ccc(C(O)CCCN2CCC(C(O)(c3ccccc3)c3ccccc3)C(C(c3ccccc3)(c3ccccc3)C3CN(CCCC(O)c4ccc(C(C)(C)C)cc4)CCC3C(O)(c3ccccc3)c3ccccc3)C2)cc1. The summed E-state index contributed by atoms with van der Waals surface area (Å²) in [5.41, 5.74) is 6.52. The molecule has 6 atom stereocenters. The number of piperidine rings is 2. The Morgan fingerprint density at radius 3 is 0.880 bits per heavy atom. The lowest BCUT2D eigenvalue weighted by atomic mass is 9.47. The standard InChI is InChI=1S/C77H90N2O4/c1-73(2,3)59-45-41-57(42-46-59)71(80)39-25-51-78-53-49-67(76(82,63-31-17-9-18-32-63)64-33-19-10-20-34-64)69(55-78)75(61-27-13-7-14-28-61,62-29-15-8-16-30-62)70-56-79(52-26-40-72(81)58-43-47-60(48-44-58)74(4,5)6)54-50-68(70)77(83,65-35-21-11-22-36-65)66-37-23-12-24-38-66/h7-24,27-38,41-48,67-72,80-83H,25-26,39-40,49-56H2,1-6H3. The molecule has 8 aromatic rings. The fourth-order valence-electron chi connectivity index (χ4n) is 14.8. The molecule has 6 unspecified atom stereocenters. The number of nitrogens with zero attached hydrogens (tertiary/aromatic N) is 2. The third-order valence-corrected chi connectivity index (χ3v) is 19.2. The minimum Gasteiger partial charge on any atom is -0.388 e. The van der Waals surface area contributed by atoms with E-state index < -0.39 is 28.8 Å². The molecule has 432 valence electrons. The molecule has 2 saturated heterocycles. The second-order valence-electron chi connectivity index (χ2n) is 26.3. The largest absolute Gasteiger partial charge is 0.388 e. The lowest BCUT2D eigenvalue weighted by Gasteiger charge is -2.61. The van der Waals surface area contributed by atoms with Gasteiger partial charge in [-0.2, -0.15) is 0 Å². The molecular weight excluding hydrogens is 1020 g/mol. The summed E-state index contributed by atoms with van der Waals surface area (Å²) in [6.07, 6.45) is 3.03. The van der Waals surface area contributed by atoms with Crippen LogP contribution in [-0.2, 0) is 27.4 Å². The molecule has 4 N–H and O–H groups in total. The van der Waals surface area contributed by atoms with Crippen molar-refractivity contribution in [3.8, 4) is 0 Å². The molecule has 0 bridgehead atoms. The second-order valence-corrected chi connectivity index (χ2v) is 26.3. The van der Waals surface area contributed by atoms with E-state index in [1.54, 1.807) is 0 Å². The molecule has 0 amide bonds. The Bertz CT molecular complexity index is 2930. The summed E-state index contributed by atoms with van der Waals surface area (Å²) in [6, 6.07) is 80.8. The van der Waals surface area contributed by atoms with Crippen molar-refractivity contribution >= 4 is 0 Å². The van der Waals surface area contributed by atoms with E-state index in [0.29, 0.717) is 38.8 Å². The third-order valence-electron chi connectivity index (χ3n) is 19.2. The first-order chi connectivity index (χ1) is 40.0. The first kappa shape index (κ1) is 59.7. The van der Waals surface area contributed by atoms with Crippen LogP contribution in [0, 0.1) is 23.7 Å². The molecular formula is C77H90N2O4. The summed E-state index contributed by atoms with van der Waals surface area (Å²) in [7, 11) is 0. The van der Waals surface area contributed by atoms with E-state index in [2.05, 4.69) is 258 Å². The van der Waals surface area contributed by atoms with Crippen LogP contribution in [0.1, 0.15) is 148 Å². The zero-order valence-electron chi connectivity index (χ0n) is 50.1. The quantitative estimate of drug-likeness (QED) is 0.0608. The molecule has 6 nitrogen and oxygen atoms in total. The number of hydrogen-bond donors (Lipinski definition) is 4. The molecule has 10 rings (SSSR count). The van der Waals surface area contributed by atoms with Crippen LogP contribution in [-0.4, -0.2) is 69.5 Å². The Morgan fingerprint density at radius 1 is 0.349 bits per heavy atom. The summed E-state index contributed by atoms with van der Waals surface area (Å²) >= 11 is 0. The van der Waals surface area contributed by atoms with Gasteiger partial charge < -0.3 is 30.2 Å².